The predicted octanol–water partition coefficient (Wildman–Crippen LogP) is 3.73. The molecule has 2 aromatic heterocycles. The third-order valence-corrected chi connectivity index (χ3v) is 6.91. The third-order valence-electron chi connectivity index (χ3n) is 5.38. The number of piperidine rings is 1. The Morgan fingerprint density at radius 1 is 1.41 bits per heavy atom. The van der Waals surface area contributed by atoms with Crippen LogP contribution in [0.2, 0.25) is 5.02 Å². The van der Waals surface area contributed by atoms with E-state index >= 15 is 0 Å². The third kappa shape index (κ3) is 4.48. The van der Waals surface area contributed by atoms with E-state index in [1.807, 2.05) is 25.1 Å². The van der Waals surface area contributed by atoms with Gasteiger partial charge in [-0.25, -0.2) is 4.98 Å². The van der Waals surface area contributed by atoms with E-state index < -0.39 is 0 Å². The predicted molar refractivity (Wildman–Crippen MR) is 117 cm³/mol. The number of hydrogen-bond acceptors (Lipinski definition) is 5. The molecule has 1 aliphatic heterocycles. The molecule has 154 valence electrons. The standard InChI is InChI=1S/C21H25ClN4O2S/c1-12-18(7-9-27)29-21(24-12)19(16-4-2-3-8-23-16)26-20(28)17-11-13-10-14(22)5-6-15(13)25-17/h5-6,10-11,16,19,23,25,27H,2-4,7-9H2,1H3,(H,26,28). The lowest BCUT2D eigenvalue weighted by atomic mass is 9.98. The van der Waals surface area contributed by atoms with Crippen molar-refractivity contribution in [1.82, 2.24) is 20.6 Å². The number of aromatic nitrogens is 2. The maximum absolute atomic E-state index is 13.1. The molecule has 1 fully saturated rings. The minimum absolute atomic E-state index is 0.0960. The molecule has 1 aromatic carbocycles. The number of nitrogens with zero attached hydrogens (tertiary/aromatic N) is 1. The van der Waals surface area contributed by atoms with Gasteiger partial charge in [0.1, 0.15) is 10.7 Å². The van der Waals surface area contributed by atoms with E-state index in [9.17, 15) is 9.90 Å². The van der Waals surface area contributed by atoms with E-state index in [1.54, 1.807) is 17.4 Å². The van der Waals surface area contributed by atoms with Gasteiger partial charge in [-0.15, -0.1) is 11.3 Å². The number of aryl methyl sites for hydroxylation is 1. The Labute approximate surface area is 178 Å². The number of carbonyl (C=O) groups excluding carboxylic acids is 1. The van der Waals surface area contributed by atoms with E-state index in [0.717, 1.165) is 52.3 Å². The van der Waals surface area contributed by atoms with Crippen molar-refractivity contribution in [3.8, 4) is 0 Å². The number of hydrogen-bond donors (Lipinski definition) is 4. The Kier molecular flexibility index (Phi) is 6.20. The normalized spacial score (nSPS) is 18.1. The second-order valence-corrected chi connectivity index (χ2v) is 9.01. The Hall–Kier alpha value is -1.93. The Morgan fingerprint density at radius 2 is 2.28 bits per heavy atom. The van der Waals surface area contributed by atoms with Crippen LogP contribution < -0.4 is 10.6 Å². The highest BCUT2D eigenvalue weighted by Gasteiger charge is 2.30. The highest BCUT2D eigenvalue weighted by atomic mass is 35.5. The van der Waals surface area contributed by atoms with Gasteiger partial charge in [-0.2, -0.15) is 0 Å². The van der Waals surface area contributed by atoms with Crippen LogP contribution in [0.15, 0.2) is 24.3 Å². The molecule has 29 heavy (non-hydrogen) atoms. The topological polar surface area (TPSA) is 90.0 Å². The van der Waals surface area contributed by atoms with E-state index in [1.165, 1.54) is 0 Å². The molecule has 2 unspecified atom stereocenters. The molecule has 4 rings (SSSR count). The number of nitrogens with one attached hydrogen (secondary N) is 3. The molecule has 3 aromatic rings. The number of amides is 1. The first kappa shape index (κ1) is 20.3. The first-order valence-electron chi connectivity index (χ1n) is 9.94. The van der Waals surface area contributed by atoms with Gasteiger partial charge < -0.3 is 20.7 Å². The molecule has 0 aliphatic carbocycles. The highest BCUT2D eigenvalue weighted by Crippen LogP contribution is 2.30. The molecule has 1 amide bonds. The fourth-order valence-corrected chi connectivity index (χ4v) is 5.21. The lowest BCUT2D eigenvalue weighted by molar-refractivity contribution is 0.0918. The number of benzene rings is 1. The van der Waals surface area contributed by atoms with Crippen molar-refractivity contribution in [2.75, 3.05) is 13.2 Å². The highest BCUT2D eigenvalue weighted by molar-refractivity contribution is 7.11. The summed E-state index contributed by atoms with van der Waals surface area (Å²) in [5, 5.41) is 18.5. The minimum atomic E-state index is -0.214. The van der Waals surface area contributed by atoms with E-state index in [4.69, 9.17) is 16.6 Å². The summed E-state index contributed by atoms with van der Waals surface area (Å²) in [7, 11) is 0. The first-order valence-corrected chi connectivity index (χ1v) is 11.1. The number of rotatable bonds is 6. The van der Waals surface area contributed by atoms with Crippen LogP contribution in [-0.4, -0.2) is 40.2 Å². The van der Waals surface area contributed by atoms with Crippen molar-refractivity contribution in [3.05, 3.63) is 50.6 Å². The van der Waals surface area contributed by atoms with Crippen molar-refractivity contribution >= 4 is 39.7 Å². The zero-order chi connectivity index (χ0) is 20.4. The summed E-state index contributed by atoms with van der Waals surface area (Å²) in [6.07, 6.45) is 3.85. The molecule has 0 saturated carbocycles. The van der Waals surface area contributed by atoms with E-state index in [0.29, 0.717) is 17.1 Å². The van der Waals surface area contributed by atoms with Crippen molar-refractivity contribution in [1.29, 1.82) is 0 Å². The van der Waals surface area contributed by atoms with Crippen LogP contribution in [-0.2, 0) is 6.42 Å². The zero-order valence-corrected chi connectivity index (χ0v) is 17.9. The Bertz CT molecular complexity index is 1010. The van der Waals surface area contributed by atoms with Crippen molar-refractivity contribution < 1.29 is 9.90 Å². The number of aliphatic hydroxyl groups excluding tert-OH is 1. The average Bonchev–Trinajstić information content (AvgIpc) is 3.30. The van der Waals surface area contributed by atoms with Gasteiger partial charge in [0.25, 0.3) is 5.91 Å². The van der Waals surface area contributed by atoms with Gasteiger partial charge in [-0.05, 0) is 50.6 Å². The number of fused-ring (bicyclic) bond motifs is 1. The summed E-state index contributed by atoms with van der Waals surface area (Å²) in [5.41, 5.74) is 2.31. The van der Waals surface area contributed by atoms with Crippen LogP contribution >= 0.6 is 22.9 Å². The van der Waals surface area contributed by atoms with Gasteiger partial charge >= 0.3 is 0 Å². The molecule has 4 N–H and O–H groups in total. The van der Waals surface area contributed by atoms with Gasteiger partial charge in [0.15, 0.2) is 0 Å². The van der Waals surface area contributed by atoms with E-state index in [-0.39, 0.29) is 24.6 Å². The number of carbonyl (C=O) groups is 1. The second-order valence-electron chi connectivity index (χ2n) is 7.46. The monoisotopic (exact) mass is 432 g/mol. The molecular weight excluding hydrogens is 408 g/mol. The molecule has 0 spiro atoms. The van der Waals surface area contributed by atoms with Crippen molar-refractivity contribution in [2.24, 2.45) is 0 Å². The van der Waals surface area contributed by atoms with Crippen molar-refractivity contribution in [2.45, 2.75) is 44.7 Å². The molecule has 3 heterocycles. The smallest absolute Gasteiger partial charge is 0.268 e. The SMILES string of the molecule is Cc1nc(C(NC(=O)c2cc3cc(Cl)ccc3[nH]2)C2CCCCN2)sc1CCO. The summed E-state index contributed by atoms with van der Waals surface area (Å²) >= 11 is 7.65. The van der Waals surface area contributed by atoms with Gasteiger partial charge in [0, 0.05) is 39.9 Å². The molecule has 6 nitrogen and oxygen atoms in total. The Morgan fingerprint density at radius 3 is 3.03 bits per heavy atom. The molecule has 2 atom stereocenters. The fourth-order valence-electron chi connectivity index (χ4n) is 3.86. The van der Waals surface area contributed by atoms with Crippen molar-refractivity contribution in [3.63, 3.8) is 0 Å². The summed E-state index contributed by atoms with van der Waals surface area (Å²) < 4.78 is 0. The quantitative estimate of drug-likeness (QED) is 0.477. The largest absolute Gasteiger partial charge is 0.396 e. The maximum atomic E-state index is 13.1. The van der Waals surface area contributed by atoms with Crippen LogP contribution in [0.4, 0.5) is 0 Å². The van der Waals surface area contributed by atoms with Crippen LogP contribution in [0.3, 0.4) is 0 Å². The summed E-state index contributed by atoms with van der Waals surface area (Å²) in [4.78, 5) is 22.1. The number of H-pyrrole nitrogens is 1. The number of aliphatic hydroxyl groups is 1. The molecule has 0 bridgehead atoms. The van der Waals surface area contributed by atoms with Crippen LogP contribution in [0.5, 0.6) is 0 Å². The number of halogens is 1. The summed E-state index contributed by atoms with van der Waals surface area (Å²) in [6, 6.07) is 7.27. The lowest BCUT2D eigenvalue weighted by Gasteiger charge is -2.30. The number of thiazole rings is 1. The van der Waals surface area contributed by atoms with Gasteiger partial charge in [-0.3, -0.25) is 4.79 Å². The molecule has 0 radical (unpaired) electrons. The fraction of sp³-hybridized carbons (Fsp3) is 0.429. The van der Waals surface area contributed by atoms with Gasteiger partial charge in [-0.1, -0.05) is 18.0 Å². The van der Waals surface area contributed by atoms with Crippen LogP contribution in [0.25, 0.3) is 10.9 Å². The summed E-state index contributed by atoms with van der Waals surface area (Å²) in [6.45, 7) is 2.99. The van der Waals surface area contributed by atoms with Gasteiger partial charge in [0.05, 0.1) is 11.7 Å². The lowest BCUT2D eigenvalue weighted by Crippen LogP contribution is -2.46. The molecular formula is C21H25ClN4O2S. The average molecular weight is 433 g/mol. The second kappa shape index (κ2) is 8.83. The number of aromatic amines is 1. The minimum Gasteiger partial charge on any atom is -0.396 e. The van der Waals surface area contributed by atoms with Crippen LogP contribution in [0.1, 0.15) is 51.4 Å². The maximum Gasteiger partial charge on any atom is 0.268 e. The van der Waals surface area contributed by atoms with Crippen LogP contribution in [0, 0.1) is 6.92 Å². The molecule has 8 heteroatoms. The van der Waals surface area contributed by atoms with E-state index in [2.05, 4.69) is 15.6 Å². The first-order chi connectivity index (χ1) is 14.0. The Balaban J connectivity index is 1.61. The summed E-state index contributed by atoms with van der Waals surface area (Å²) in [5.74, 6) is -0.161. The molecule has 1 aliphatic rings. The zero-order valence-electron chi connectivity index (χ0n) is 16.3. The van der Waals surface area contributed by atoms with Gasteiger partial charge in [0.2, 0.25) is 0 Å². The molecule has 1 saturated heterocycles.